The van der Waals surface area contributed by atoms with Gasteiger partial charge in [-0.1, -0.05) is 19.3 Å². The maximum absolute atomic E-state index is 5.37. The number of aromatic amines is 1. The van der Waals surface area contributed by atoms with Crippen LogP contribution in [0.1, 0.15) is 32.1 Å². The van der Waals surface area contributed by atoms with Crippen molar-refractivity contribution in [3.8, 4) is 0 Å². The minimum absolute atomic E-state index is 0.394. The largest absolute Gasteiger partial charge is 0.367 e. The third-order valence-corrected chi connectivity index (χ3v) is 3.38. The molecule has 2 heterocycles. The van der Waals surface area contributed by atoms with Crippen LogP contribution >= 0.6 is 0 Å². The summed E-state index contributed by atoms with van der Waals surface area (Å²) in [6, 6.07) is 0.484. The molecule has 0 unspecified atom stereocenters. The third kappa shape index (κ3) is 2.08. The number of nitrogens with two attached hydrogens (primary N) is 1. The van der Waals surface area contributed by atoms with Gasteiger partial charge in [0.05, 0.1) is 11.6 Å². The van der Waals surface area contributed by atoms with Crippen molar-refractivity contribution in [3.05, 3.63) is 6.20 Å². The highest BCUT2D eigenvalue weighted by Gasteiger charge is 2.16. The molecule has 0 aromatic carbocycles. The zero-order chi connectivity index (χ0) is 12.4. The molecule has 0 spiro atoms. The van der Waals surface area contributed by atoms with E-state index in [1.165, 1.54) is 32.1 Å². The second kappa shape index (κ2) is 4.77. The lowest BCUT2D eigenvalue weighted by Crippen LogP contribution is -2.23. The molecule has 7 nitrogen and oxygen atoms in total. The average Bonchev–Trinajstić information content (AvgIpc) is 2.88. The van der Waals surface area contributed by atoms with Gasteiger partial charge in [-0.2, -0.15) is 15.1 Å². The molecule has 0 bridgehead atoms. The standard InChI is InChI=1S/C11H17N7/c12-17-11-15-9(8-6-13-18-10(8)16-11)14-7-4-2-1-3-5-7/h6-7H,1-5,12H2,(H3,13,14,15,16,17,18). The Morgan fingerprint density at radius 1 is 1.22 bits per heavy atom. The maximum atomic E-state index is 5.37. The van der Waals surface area contributed by atoms with Crippen molar-refractivity contribution in [1.82, 2.24) is 20.2 Å². The van der Waals surface area contributed by atoms with E-state index < -0.39 is 0 Å². The molecule has 0 amide bonds. The van der Waals surface area contributed by atoms with Crippen molar-refractivity contribution >= 4 is 22.8 Å². The zero-order valence-corrected chi connectivity index (χ0v) is 10.1. The molecule has 7 heteroatoms. The number of aromatic nitrogens is 4. The van der Waals surface area contributed by atoms with Gasteiger partial charge in [-0.15, -0.1) is 0 Å². The molecule has 1 fully saturated rings. The van der Waals surface area contributed by atoms with E-state index >= 15 is 0 Å². The van der Waals surface area contributed by atoms with E-state index in [0.29, 0.717) is 17.6 Å². The van der Waals surface area contributed by atoms with Crippen molar-refractivity contribution in [3.63, 3.8) is 0 Å². The molecule has 5 N–H and O–H groups in total. The number of hydrogen-bond acceptors (Lipinski definition) is 6. The first-order chi connectivity index (χ1) is 8.86. The number of rotatable bonds is 3. The van der Waals surface area contributed by atoms with E-state index in [4.69, 9.17) is 5.84 Å². The highest BCUT2D eigenvalue weighted by Crippen LogP contribution is 2.25. The lowest BCUT2D eigenvalue weighted by molar-refractivity contribution is 0.462. The van der Waals surface area contributed by atoms with Gasteiger partial charge in [0, 0.05) is 6.04 Å². The van der Waals surface area contributed by atoms with Crippen LogP contribution in [0.15, 0.2) is 6.20 Å². The van der Waals surface area contributed by atoms with Crippen LogP contribution in [0.3, 0.4) is 0 Å². The Balaban J connectivity index is 1.91. The predicted molar refractivity (Wildman–Crippen MR) is 70.0 cm³/mol. The Bertz CT molecular complexity index is 529. The van der Waals surface area contributed by atoms with Crippen LogP contribution in [0.2, 0.25) is 0 Å². The summed E-state index contributed by atoms with van der Waals surface area (Å²) in [6.45, 7) is 0. The summed E-state index contributed by atoms with van der Waals surface area (Å²) < 4.78 is 0. The summed E-state index contributed by atoms with van der Waals surface area (Å²) in [4.78, 5) is 8.57. The smallest absolute Gasteiger partial charge is 0.241 e. The van der Waals surface area contributed by atoms with Gasteiger partial charge < -0.3 is 5.32 Å². The van der Waals surface area contributed by atoms with Gasteiger partial charge in [0.15, 0.2) is 5.65 Å². The highest BCUT2D eigenvalue weighted by molar-refractivity contribution is 5.87. The normalized spacial score (nSPS) is 16.9. The maximum Gasteiger partial charge on any atom is 0.241 e. The first-order valence-corrected chi connectivity index (χ1v) is 6.31. The molecule has 0 radical (unpaired) electrons. The van der Waals surface area contributed by atoms with Gasteiger partial charge in [0.1, 0.15) is 5.82 Å². The van der Waals surface area contributed by atoms with E-state index in [1.807, 2.05) is 0 Å². The molecule has 3 rings (SSSR count). The van der Waals surface area contributed by atoms with Crippen LogP contribution < -0.4 is 16.6 Å². The molecular formula is C11H17N7. The van der Waals surface area contributed by atoms with Gasteiger partial charge in [-0.05, 0) is 12.8 Å². The summed E-state index contributed by atoms with van der Waals surface area (Å²) in [5.41, 5.74) is 3.17. The Kier molecular flexibility index (Phi) is 2.97. The zero-order valence-electron chi connectivity index (χ0n) is 10.1. The van der Waals surface area contributed by atoms with Crippen molar-refractivity contribution in [2.24, 2.45) is 5.84 Å². The van der Waals surface area contributed by atoms with E-state index in [9.17, 15) is 0 Å². The number of nitrogen functional groups attached to an aromatic ring is 1. The topological polar surface area (TPSA) is 105 Å². The minimum Gasteiger partial charge on any atom is -0.367 e. The van der Waals surface area contributed by atoms with Crippen LogP contribution in [0.4, 0.5) is 11.8 Å². The lowest BCUT2D eigenvalue weighted by atomic mass is 9.95. The molecular weight excluding hydrogens is 230 g/mol. The van der Waals surface area contributed by atoms with E-state index in [-0.39, 0.29) is 0 Å². The van der Waals surface area contributed by atoms with Gasteiger partial charge >= 0.3 is 0 Å². The average molecular weight is 247 g/mol. The summed E-state index contributed by atoms with van der Waals surface area (Å²) in [6.07, 6.45) is 8.00. The first-order valence-electron chi connectivity index (χ1n) is 6.31. The molecule has 96 valence electrons. The summed E-state index contributed by atoms with van der Waals surface area (Å²) in [5, 5.41) is 11.2. The number of anilines is 2. The number of nitrogens with one attached hydrogen (secondary N) is 3. The van der Waals surface area contributed by atoms with Crippen LogP contribution in [-0.4, -0.2) is 26.2 Å². The molecule has 1 aliphatic rings. The van der Waals surface area contributed by atoms with Gasteiger partial charge in [-0.3, -0.25) is 10.5 Å². The molecule has 0 aliphatic heterocycles. The SMILES string of the molecule is NNc1nc(NC2CCCCC2)c2cn[nH]c2n1. The van der Waals surface area contributed by atoms with Gasteiger partial charge in [-0.25, -0.2) is 5.84 Å². The molecule has 2 aromatic heterocycles. The fraction of sp³-hybridized carbons (Fsp3) is 0.545. The van der Waals surface area contributed by atoms with Crippen LogP contribution in [0.5, 0.6) is 0 Å². The van der Waals surface area contributed by atoms with E-state index in [0.717, 1.165) is 11.2 Å². The third-order valence-electron chi connectivity index (χ3n) is 3.38. The summed E-state index contributed by atoms with van der Waals surface area (Å²) in [7, 11) is 0. The fourth-order valence-corrected chi connectivity index (χ4v) is 2.45. The minimum atomic E-state index is 0.394. The monoisotopic (exact) mass is 247 g/mol. The highest BCUT2D eigenvalue weighted by atomic mass is 15.3. The molecule has 0 saturated heterocycles. The Labute approximate surface area is 105 Å². The van der Waals surface area contributed by atoms with Crippen molar-refractivity contribution in [1.29, 1.82) is 0 Å². The van der Waals surface area contributed by atoms with Crippen molar-refractivity contribution in [2.75, 3.05) is 10.7 Å². The molecule has 2 aromatic rings. The van der Waals surface area contributed by atoms with E-state index in [2.05, 4.69) is 30.9 Å². The van der Waals surface area contributed by atoms with Crippen molar-refractivity contribution in [2.45, 2.75) is 38.1 Å². The Hall–Kier alpha value is -1.89. The molecule has 18 heavy (non-hydrogen) atoms. The Morgan fingerprint density at radius 2 is 2.06 bits per heavy atom. The number of hydrogen-bond donors (Lipinski definition) is 4. The fourth-order valence-electron chi connectivity index (χ4n) is 2.45. The Morgan fingerprint density at radius 3 is 2.83 bits per heavy atom. The molecule has 1 saturated carbocycles. The lowest BCUT2D eigenvalue weighted by Gasteiger charge is -2.23. The first kappa shape index (κ1) is 11.2. The second-order valence-electron chi connectivity index (χ2n) is 4.65. The summed E-state index contributed by atoms with van der Waals surface area (Å²) >= 11 is 0. The summed E-state index contributed by atoms with van der Waals surface area (Å²) in [5.74, 6) is 6.57. The van der Waals surface area contributed by atoms with Crippen LogP contribution in [0.25, 0.3) is 11.0 Å². The number of fused-ring (bicyclic) bond motifs is 1. The number of hydrazine groups is 1. The number of nitrogens with zero attached hydrogens (tertiary/aromatic N) is 3. The second-order valence-corrected chi connectivity index (χ2v) is 4.65. The molecule has 0 atom stereocenters. The van der Waals surface area contributed by atoms with Crippen molar-refractivity contribution < 1.29 is 0 Å². The van der Waals surface area contributed by atoms with Gasteiger partial charge in [0.2, 0.25) is 5.95 Å². The van der Waals surface area contributed by atoms with Crippen LogP contribution in [0, 0.1) is 0 Å². The van der Waals surface area contributed by atoms with E-state index in [1.54, 1.807) is 6.20 Å². The van der Waals surface area contributed by atoms with Crippen LogP contribution in [-0.2, 0) is 0 Å². The quantitative estimate of drug-likeness (QED) is 0.482. The molecule has 1 aliphatic carbocycles. The van der Waals surface area contributed by atoms with Gasteiger partial charge in [0.25, 0.3) is 0 Å². The number of H-pyrrole nitrogens is 1. The predicted octanol–water partition coefficient (Wildman–Crippen LogP) is 1.38.